The number of nitrogens with one attached hydrogen (secondary N) is 1. The summed E-state index contributed by atoms with van der Waals surface area (Å²) in [6.45, 7) is 3.92. The topological polar surface area (TPSA) is 67.9 Å². The summed E-state index contributed by atoms with van der Waals surface area (Å²) in [5, 5.41) is 2.81. The van der Waals surface area contributed by atoms with Gasteiger partial charge < -0.3 is 14.8 Å². The van der Waals surface area contributed by atoms with Gasteiger partial charge in [-0.3, -0.25) is 9.69 Å². The Kier molecular flexibility index (Phi) is 4.59. The number of carbonyl (C=O) groups excluding carboxylic acids is 2. The van der Waals surface area contributed by atoms with Crippen LogP contribution in [0.25, 0.3) is 0 Å². The molecule has 1 N–H and O–H groups in total. The smallest absolute Gasteiger partial charge is 0.325 e. The Morgan fingerprint density at radius 2 is 1.65 bits per heavy atom. The van der Waals surface area contributed by atoms with Crippen LogP contribution >= 0.6 is 0 Å². The van der Waals surface area contributed by atoms with E-state index in [1.807, 2.05) is 31.2 Å². The lowest BCUT2D eigenvalue weighted by Gasteiger charge is -2.23. The number of methoxy groups -OCH3 is 2. The second-order valence-corrected chi connectivity index (χ2v) is 6.50. The van der Waals surface area contributed by atoms with Crippen LogP contribution in [-0.2, 0) is 16.9 Å². The lowest BCUT2D eigenvalue weighted by atomic mass is 9.91. The molecule has 26 heavy (non-hydrogen) atoms. The van der Waals surface area contributed by atoms with Crippen LogP contribution in [0.1, 0.15) is 23.6 Å². The minimum Gasteiger partial charge on any atom is -0.493 e. The van der Waals surface area contributed by atoms with E-state index in [-0.39, 0.29) is 12.5 Å². The van der Waals surface area contributed by atoms with Crippen molar-refractivity contribution in [1.82, 2.24) is 10.2 Å². The van der Waals surface area contributed by atoms with Gasteiger partial charge in [-0.1, -0.05) is 35.9 Å². The number of hydrogen-bond donors (Lipinski definition) is 1. The summed E-state index contributed by atoms with van der Waals surface area (Å²) in [7, 11) is 3.08. The Morgan fingerprint density at radius 1 is 1.00 bits per heavy atom. The number of imide groups is 1. The second-order valence-electron chi connectivity index (χ2n) is 6.50. The van der Waals surface area contributed by atoms with Crippen molar-refractivity contribution in [2.45, 2.75) is 25.9 Å². The van der Waals surface area contributed by atoms with Gasteiger partial charge in [-0.25, -0.2) is 4.79 Å². The van der Waals surface area contributed by atoms with E-state index in [1.54, 1.807) is 32.2 Å². The van der Waals surface area contributed by atoms with Crippen LogP contribution in [0.2, 0.25) is 0 Å². The summed E-state index contributed by atoms with van der Waals surface area (Å²) in [5.74, 6) is 0.772. The van der Waals surface area contributed by atoms with Crippen molar-refractivity contribution in [3.05, 3.63) is 59.2 Å². The van der Waals surface area contributed by atoms with Crippen molar-refractivity contribution >= 4 is 11.9 Å². The van der Waals surface area contributed by atoms with Crippen molar-refractivity contribution in [2.75, 3.05) is 14.2 Å². The van der Waals surface area contributed by atoms with Crippen molar-refractivity contribution < 1.29 is 19.1 Å². The number of benzene rings is 2. The van der Waals surface area contributed by atoms with Crippen molar-refractivity contribution in [1.29, 1.82) is 0 Å². The Bertz CT molecular complexity index is 847. The van der Waals surface area contributed by atoms with E-state index in [2.05, 4.69) is 5.32 Å². The van der Waals surface area contributed by atoms with Gasteiger partial charge >= 0.3 is 6.03 Å². The lowest BCUT2D eigenvalue weighted by Crippen LogP contribution is -2.40. The summed E-state index contributed by atoms with van der Waals surface area (Å²) in [4.78, 5) is 26.7. The van der Waals surface area contributed by atoms with E-state index >= 15 is 0 Å². The normalized spacial score (nSPS) is 19.5. The SMILES string of the molecule is COc1ccc(C2(C)NC(=O)N(Cc3ccc(C)cc3)C2=O)cc1OC. The van der Waals surface area contributed by atoms with Crippen LogP contribution in [0.3, 0.4) is 0 Å². The molecule has 3 rings (SSSR count). The zero-order chi connectivity index (χ0) is 18.9. The first kappa shape index (κ1) is 17.8. The lowest BCUT2D eigenvalue weighted by molar-refractivity contribution is -0.131. The van der Waals surface area contributed by atoms with Crippen LogP contribution < -0.4 is 14.8 Å². The van der Waals surface area contributed by atoms with Crippen LogP contribution in [0.4, 0.5) is 4.79 Å². The minimum absolute atomic E-state index is 0.230. The van der Waals surface area contributed by atoms with Gasteiger partial charge in [0.05, 0.1) is 20.8 Å². The van der Waals surface area contributed by atoms with Crippen molar-refractivity contribution in [3.63, 3.8) is 0 Å². The van der Waals surface area contributed by atoms with Crippen LogP contribution in [0, 0.1) is 6.92 Å². The van der Waals surface area contributed by atoms with Gasteiger partial charge in [0.2, 0.25) is 0 Å². The number of aryl methyl sites for hydroxylation is 1. The molecule has 0 bridgehead atoms. The summed E-state index contributed by atoms with van der Waals surface area (Å²) in [6.07, 6.45) is 0. The highest BCUT2D eigenvalue weighted by molar-refractivity contribution is 6.07. The molecule has 6 nitrogen and oxygen atoms in total. The molecule has 3 amide bonds. The third-order valence-electron chi connectivity index (χ3n) is 4.70. The zero-order valence-electron chi connectivity index (χ0n) is 15.3. The monoisotopic (exact) mass is 354 g/mol. The predicted octanol–water partition coefficient (Wildman–Crippen LogP) is 2.98. The van der Waals surface area contributed by atoms with E-state index < -0.39 is 11.6 Å². The van der Waals surface area contributed by atoms with E-state index in [4.69, 9.17) is 9.47 Å². The van der Waals surface area contributed by atoms with Gasteiger partial charge in [-0.15, -0.1) is 0 Å². The molecule has 2 aromatic carbocycles. The highest BCUT2D eigenvalue weighted by Crippen LogP contribution is 2.35. The van der Waals surface area contributed by atoms with E-state index in [9.17, 15) is 9.59 Å². The quantitative estimate of drug-likeness (QED) is 0.838. The fraction of sp³-hybridized carbons (Fsp3) is 0.300. The summed E-state index contributed by atoms with van der Waals surface area (Å²) in [6, 6.07) is 12.5. The summed E-state index contributed by atoms with van der Waals surface area (Å²) >= 11 is 0. The van der Waals surface area contributed by atoms with Crippen LogP contribution in [-0.4, -0.2) is 31.1 Å². The fourth-order valence-corrected chi connectivity index (χ4v) is 3.06. The minimum atomic E-state index is -1.15. The van der Waals surface area contributed by atoms with E-state index in [0.717, 1.165) is 11.1 Å². The third-order valence-corrected chi connectivity index (χ3v) is 4.70. The molecule has 6 heteroatoms. The van der Waals surface area contributed by atoms with E-state index in [0.29, 0.717) is 17.1 Å². The van der Waals surface area contributed by atoms with E-state index in [1.165, 1.54) is 12.0 Å². The maximum absolute atomic E-state index is 13.0. The Labute approximate surface area is 152 Å². The molecule has 136 valence electrons. The third kappa shape index (κ3) is 2.98. The molecule has 0 aliphatic carbocycles. The molecule has 1 saturated heterocycles. The Morgan fingerprint density at radius 3 is 2.27 bits per heavy atom. The first-order valence-electron chi connectivity index (χ1n) is 8.31. The van der Waals surface area contributed by atoms with Crippen LogP contribution in [0.15, 0.2) is 42.5 Å². The Hall–Kier alpha value is -3.02. The molecular weight excluding hydrogens is 332 g/mol. The van der Waals surface area contributed by atoms with Crippen LogP contribution in [0.5, 0.6) is 11.5 Å². The number of hydrogen-bond acceptors (Lipinski definition) is 4. The average molecular weight is 354 g/mol. The molecule has 1 fully saturated rings. The standard InChI is InChI=1S/C20H22N2O4/c1-13-5-7-14(8-6-13)12-22-18(23)20(2,21-19(22)24)15-9-10-16(25-3)17(11-15)26-4/h5-11H,12H2,1-4H3,(H,21,24). The first-order chi connectivity index (χ1) is 12.4. The highest BCUT2D eigenvalue weighted by atomic mass is 16.5. The first-order valence-corrected chi connectivity index (χ1v) is 8.31. The molecule has 1 atom stereocenters. The molecule has 1 aliphatic heterocycles. The van der Waals surface area contributed by atoms with Gasteiger partial charge in [-0.2, -0.15) is 0 Å². The average Bonchev–Trinajstić information content (AvgIpc) is 2.87. The maximum atomic E-state index is 13.0. The summed E-state index contributed by atoms with van der Waals surface area (Å²) < 4.78 is 10.6. The molecule has 0 spiro atoms. The van der Waals surface area contributed by atoms with Gasteiger partial charge in [0.15, 0.2) is 11.5 Å². The van der Waals surface area contributed by atoms with Gasteiger partial charge in [0.25, 0.3) is 5.91 Å². The number of rotatable bonds is 5. The summed E-state index contributed by atoms with van der Waals surface area (Å²) in [5.41, 5.74) is 1.51. The number of ether oxygens (including phenoxy) is 2. The molecular formula is C20H22N2O4. The molecule has 1 heterocycles. The molecule has 0 saturated carbocycles. The van der Waals surface area contributed by atoms with Gasteiger partial charge in [0.1, 0.15) is 5.54 Å². The van der Waals surface area contributed by atoms with Crippen molar-refractivity contribution in [2.24, 2.45) is 0 Å². The molecule has 0 radical (unpaired) electrons. The highest BCUT2D eigenvalue weighted by Gasteiger charge is 2.49. The number of amides is 3. The maximum Gasteiger partial charge on any atom is 0.325 e. The van der Waals surface area contributed by atoms with Crippen molar-refractivity contribution in [3.8, 4) is 11.5 Å². The number of nitrogens with zero attached hydrogens (tertiary/aromatic N) is 1. The zero-order valence-corrected chi connectivity index (χ0v) is 15.3. The number of urea groups is 1. The van der Waals surface area contributed by atoms with Gasteiger partial charge in [-0.05, 0) is 37.1 Å². The molecule has 1 unspecified atom stereocenters. The predicted molar refractivity (Wildman–Crippen MR) is 97.2 cm³/mol. The van der Waals surface area contributed by atoms with Gasteiger partial charge in [0, 0.05) is 0 Å². The molecule has 0 aromatic heterocycles. The second kappa shape index (κ2) is 6.71. The fourth-order valence-electron chi connectivity index (χ4n) is 3.06. The molecule has 2 aromatic rings. The Balaban J connectivity index is 1.90. The largest absolute Gasteiger partial charge is 0.493 e. The molecule has 1 aliphatic rings. The number of carbonyl (C=O) groups is 2.